The van der Waals surface area contributed by atoms with Gasteiger partial charge in [0, 0.05) is 12.6 Å². The second-order valence-corrected chi connectivity index (χ2v) is 5.14. The molecule has 1 aliphatic carbocycles. The van der Waals surface area contributed by atoms with Crippen LogP contribution in [0, 0.1) is 0 Å². The summed E-state index contributed by atoms with van der Waals surface area (Å²) in [4.78, 5) is 4.21. The van der Waals surface area contributed by atoms with E-state index in [0.717, 1.165) is 31.0 Å². The fourth-order valence-corrected chi connectivity index (χ4v) is 2.72. The van der Waals surface area contributed by atoms with Crippen molar-refractivity contribution in [3.63, 3.8) is 0 Å². The maximum absolute atomic E-state index is 6.17. The number of aryl methyl sites for hydroxylation is 2. The van der Waals surface area contributed by atoms with Crippen LogP contribution in [0.15, 0.2) is 24.5 Å². The molecule has 1 atom stereocenters. The van der Waals surface area contributed by atoms with E-state index in [4.69, 9.17) is 10.5 Å². The van der Waals surface area contributed by atoms with Crippen molar-refractivity contribution < 1.29 is 4.74 Å². The second-order valence-electron chi connectivity index (χ2n) is 5.14. The summed E-state index contributed by atoms with van der Waals surface area (Å²) in [6.45, 7) is 3.27. The van der Waals surface area contributed by atoms with Gasteiger partial charge in [-0.1, -0.05) is 6.07 Å². The minimum absolute atomic E-state index is 0.140. The molecule has 0 bridgehead atoms. The van der Waals surface area contributed by atoms with E-state index >= 15 is 0 Å². The number of hydrogen-bond donors (Lipinski definition) is 1. The fraction of sp³-hybridized carbons (Fsp3) is 0.467. The van der Waals surface area contributed by atoms with Gasteiger partial charge in [0.2, 0.25) is 0 Å². The molecule has 1 aromatic carbocycles. The van der Waals surface area contributed by atoms with Crippen LogP contribution in [-0.4, -0.2) is 14.8 Å². The SMILES string of the molecule is CCn1ncnc1COc1ccc2c(c1)[C@@H](N)CCC2. The number of nitrogens with two attached hydrogens (primary N) is 1. The molecule has 0 fully saturated rings. The van der Waals surface area contributed by atoms with E-state index in [1.807, 2.05) is 17.7 Å². The Bertz CT molecular complexity index is 593. The summed E-state index contributed by atoms with van der Waals surface area (Å²) in [5.41, 5.74) is 8.75. The summed E-state index contributed by atoms with van der Waals surface area (Å²) >= 11 is 0. The lowest BCUT2D eigenvalue weighted by atomic mass is 9.88. The molecule has 0 spiro atoms. The Kier molecular flexibility index (Phi) is 3.69. The lowest BCUT2D eigenvalue weighted by Gasteiger charge is -2.22. The molecule has 1 aliphatic rings. The number of hydrogen-bond acceptors (Lipinski definition) is 4. The van der Waals surface area contributed by atoms with Gasteiger partial charge in [-0.05, 0) is 49.4 Å². The molecule has 5 nitrogen and oxygen atoms in total. The van der Waals surface area contributed by atoms with E-state index in [0.29, 0.717) is 6.61 Å². The maximum atomic E-state index is 6.17. The third kappa shape index (κ3) is 2.54. The zero-order valence-electron chi connectivity index (χ0n) is 11.7. The lowest BCUT2D eigenvalue weighted by molar-refractivity contribution is 0.286. The van der Waals surface area contributed by atoms with Gasteiger partial charge in [-0.2, -0.15) is 5.10 Å². The largest absolute Gasteiger partial charge is 0.486 e. The molecule has 3 rings (SSSR count). The highest BCUT2D eigenvalue weighted by atomic mass is 16.5. The second kappa shape index (κ2) is 5.63. The average molecular weight is 272 g/mol. The molecule has 5 heteroatoms. The summed E-state index contributed by atoms with van der Waals surface area (Å²) < 4.78 is 7.67. The standard InChI is InChI=1S/C15H20N4O/c1-2-19-15(17-10-18-19)9-20-12-7-6-11-4-3-5-14(16)13(11)8-12/h6-8,10,14H,2-5,9,16H2,1H3/t14-/m0/s1. The molecule has 1 aromatic heterocycles. The van der Waals surface area contributed by atoms with E-state index in [1.165, 1.54) is 17.5 Å². The van der Waals surface area contributed by atoms with E-state index < -0.39 is 0 Å². The van der Waals surface area contributed by atoms with Crippen LogP contribution in [0.25, 0.3) is 0 Å². The van der Waals surface area contributed by atoms with Crippen LogP contribution in [0.3, 0.4) is 0 Å². The summed E-state index contributed by atoms with van der Waals surface area (Å²) in [7, 11) is 0. The van der Waals surface area contributed by atoms with Crippen molar-refractivity contribution in [1.29, 1.82) is 0 Å². The highest BCUT2D eigenvalue weighted by molar-refractivity contribution is 5.39. The summed E-state index contributed by atoms with van der Waals surface area (Å²) in [5, 5.41) is 4.13. The molecule has 0 saturated heterocycles. The Morgan fingerprint density at radius 1 is 1.45 bits per heavy atom. The van der Waals surface area contributed by atoms with Crippen molar-refractivity contribution in [3.05, 3.63) is 41.5 Å². The van der Waals surface area contributed by atoms with Crippen molar-refractivity contribution in [2.24, 2.45) is 5.73 Å². The number of aromatic nitrogens is 3. The molecule has 106 valence electrons. The molecule has 2 aromatic rings. The monoisotopic (exact) mass is 272 g/mol. The normalized spacial score (nSPS) is 17.8. The number of rotatable bonds is 4. The quantitative estimate of drug-likeness (QED) is 0.926. The van der Waals surface area contributed by atoms with Crippen molar-refractivity contribution in [3.8, 4) is 5.75 Å². The summed E-state index contributed by atoms with van der Waals surface area (Å²) in [6, 6.07) is 6.37. The van der Waals surface area contributed by atoms with E-state index in [1.54, 1.807) is 6.33 Å². The zero-order valence-corrected chi connectivity index (χ0v) is 11.7. The Balaban J connectivity index is 1.73. The van der Waals surface area contributed by atoms with Gasteiger partial charge in [0.25, 0.3) is 0 Å². The van der Waals surface area contributed by atoms with Crippen LogP contribution in [0.1, 0.15) is 42.8 Å². The number of fused-ring (bicyclic) bond motifs is 1. The molecule has 0 unspecified atom stereocenters. The van der Waals surface area contributed by atoms with Crippen LogP contribution in [-0.2, 0) is 19.6 Å². The maximum Gasteiger partial charge on any atom is 0.164 e. The smallest absolute Gasteiger partial charge is 0.164 e. The molecule has 0 radical (unpaired) electrons. The third-order valence-electron chi connectivity index (χ3n) is 3.84. The van der Waals surface area contributed by atoms with Crippen LogP contribution >= 0.6 is 0 Å². The molecule has 0 saturated carbocycles. The van der Waals surface area contributed by atoms with Gasteiger partial charge >= 0.3 is 0 Å². The van der Waals surface area contributed by atoms with Gasteiger partial charge in [0.1, 0.15) is 18.7 Å². The number of ether oxygens (including phenoxy) is 1. The highest BCUT2D eigenvalue weighted by Gasteiger charge is 2.17. The molecule has 2 N–H and O–H groups in total. The van der Waals surface area contributed by atoms with Crippen molar-refractivity contribution in [2.45, 2.75) is 45.4 Å². The predicted molar refractivity (Wildman–Crippen MR) is 76.3 cm³/mol. The van der Waals surface area contributed by atoms with Gasteiger partial charge in [0.15, 0.2) is 5.82 Å². The number of nitrogens with zero attached hydrogens (tertiary/aromatic N) is 3. The van der Waals surface area contributed by atoms with Gasteiger partial charge in [-0.15, -0.1) is 0 Å². The van der Waals surface area contributed by atoms with Crippen molar-refractivity contribution in [1.82, 2.24) is 14.8 Å². The van der Waals surface area contributed by atoms with Crippen LogP contribution < -0.4 is 10.5 Å². The zero-order chi connectivity index (χ0) is 13.9. The van der Waals surface area contributed by atoms with Crippen LogP contribution in [0.5, 0.6) is 5.75 Å². The third-order valence-corrected chi connectivity index (χ3v) is 3.84. The van der Waals surface area contributed by atoms with Crippen molar-refractivity contribution in [2.75, 3.05) is 0 Å². The van der Waals surface area contributed by atoms with Gasteiger partial charge in [-0.3, -0.25) is 0 Å². The van der Waals surface area contributed by atoms with E-state index in [-0.39, 0.29) is 6.04 Å². The fourth-order valence-electron chi connectivity index (χ4n) is 2.72. The Morgan fingerprint density at radius 2 is 2.35 bits per heavy atom. The Hall–Kier alpha value is -1.88. The first kappa shape index (κ1) is 13.1. The summed E-state index contributed by atoms with van der Waals surface area (Å²) in [5.74, 6) is 1.70. The Labute approximate surface area is 118 Å². The highest BCUT2D eigenvalue weighted by Crippen LogP contribution is 2.31. The van der Waals surface area contributed by atoms with E-state index in [9.17, 15) is 0 Å². The topological polar surface area (TPSA) is 66.0 Å². The molecule has 0 amide bonds. The molecule has 0 aliphatic heterocycles. The molecule has 20 heavy (non-hydrogen) atoms. The van der Waals surface area contributed by atoms with Crippen LogP contribution in [0.4, 0.5) is 0 Å². The first-order chi connectivity index (χ1) is 9.78. The van der Waals surface area contributed by atoms with E-state index in [2.05, 4.69) is 22.2 Å². The van der Waals surface area contributed by atoms with Gasteiger partial charge < -0.3 is 10.5 Å². The first-order valence-corrected chi connectivity index (χ1v) is 7.16. The van der Waals surface area contributed by atoms with Crippen molar-refractivity contribution >= 4 is 0 Å². The first-order valence-electron chi connectivity index (χ1n) is 7.16. The molecular weight excluding hydrogens is 252 g/mol. The number of benzene rings is 1. The summed E-state index contributed by atoms with van der Waals surface area (Å²) in [6.07, 6.45) is 4.91. The van der Waals surface area contributed by atoms with Gasteiger partial charge in [0.05, 0.1) is 0 Å². The van der Waals surface area contributed by atoms with Gasteiger partial charge in [-0.25, -0.2) is 9.67 Å². The predicted octanol–water partition coefficient (Wildman–Crippen LogP) is 2.21. The molecular formula is C15H20N4O. The Morgan fingerprint density at radius 3 is 3.20 bits per heavy atom. The minimum atomic E-state index is 0.140. The minimum Gasteiger partial charge on any atom is -0.486 e. The lowest BCUT2D eigenvalue weighted by Crippen LogP contribution is -2.17. The average Bonchev–Trinajstić information content (AvgIpc) is 2.93. The molecule has 1 heterocycles. The van der Waals surface area contributed by atoms with Crippen LogP contribution in [0.2, 0.25) is 0 Å².